The third kappa shape index (κ3) is 34.7. The first-order chi connectivity index (χ1) is 43.3. The third-order valence-corrected chi connectivity index (χ3v) is 18.6. The number of nitrogens with one attached hydrogen (secondary N) is 1. The minimum Gasteiger partial charge on any atom is -0.394 e. The molecular weight excluding hydrogens is 1140 g/mol. The summed E-state index contributed by atoms with van der Waals surface area (Å²) >= 11 is 0. The van der Waals surface area contributed by atoms with E-state index >= 15 is 0 Å². The van der Waals surface area contributed by atoms with Crippen LogP contribution in [-0.4, -0.2) is 193 Å². The van der Waals surface area contributed by atoms with Crippen molar-refractivity contribution >= 4 is 5.91 Å². The molecule has 3 fully saturated rings. The first-order valence-corrected chi connectivity index (χ1v) is 36.4. The number of ether oxygens (including phenoxy) is 6. The summed E-state index contributed by atoms with van der Waals surface area (Å²) in [5.41, 5.74) is 0. The Morgan fingerprint density at radius 3 is 1.09 bits per heavy atom. The second kappa shape index (κ2) is 52.8. The maximum atomic E-state index is 13.4. The van der Waals surface area contributed by atoms with Crippen molar-refractivity contribution in [1.82, 2.24) is 5.32 Å². The van der Waals surface area contributed by atoms with E-state index in [2.05, 4.69) is 31.3 Å². The number of hydrogen-bond donors (Lipinski definition) is 12. The summed E-state index contributed by atoms with van der Waals surface area (Å²) in [6.07, 6.45) is 31.5. The molecule has 0 aromatic carbocycles. The van der Waals surface area contributed by atoms with Crippen molar-refractivity contribution in [3.05, 3.63) is 12.2 Å². The van der Waals surface area contributed by atoms with Gasteiger partial charge in [-0.2, -0.15) is 0 Å². The van der Waals surface area contributed by atoms with Crippen LogP contribution in [0.1, 0.15) is 296 Å². The molecule has 12 N–H and O–H groups in total. The van der Waals surface area contributed by atoms with Crippen molar-refractivity contribution in [3.8, 4) is 0 Å². The van der Waals surface area contributed by atoms with E-state index in [9.17, 15) is 61.0 Å². The molecule has 89 heavy (non-hydrogen) atoms. The number of carbonyl (C=O) groups excluding carboxylic acids is 1. The van der Waals surface area contributed by atoms with Gasteiger partial charge in [-0.05, 0) is 38.5 Å². The smallest absolute Gasteiger partial charge is 0.220 e. The molecule has 19 heteroatoms. The van der Waals surface area contributed by atoms with Gasteiger partial charge >= 0.3 is 0 Å². The fourth-order valence-electron chi connectivity index (χ4n) is 12.7. The predicted molar refractivity (Wildman–Crippen MR) is 347 cm³/mol. The topological polar surface area (TPSA) is 307 Å². The van der Waals surface area contributed by atoms with Gasteiger partial charge < -0.3 is 89.9 Å². The summed E-state index contributed by atoms with van der Waals surface area (Å²) in [5, 5.41) is 121. The highest BCUT2D eigenvalue weighted by molar-refractivity contribution is 5.76. The standard InChI is InChI=1S/C70H133NO18/c1-3-5-7-9-11-13-15-17-19-21-22-23-24-25-26-27-28-29-30-32-34-36-38-40-42-44-46-48-58(76)71-53(54(75)47-45-43-41-39-37-35-33-31-20-18-16-14-12-10-8-6-4-2)52-84-68-64(82)61(79)66(56(50-73)86-68)89-70-65(83)62(80)67(57(51-74)87-70)88-69-63(81)60(78)59(77)55(49-72)85-69/h21-22,53-57,59-70,72-75,77-83H,3-20,23-52H2,1-2H3,(H,71,76)/b22-21-. The Balaban J connectivity index is 1.39. The molecule has 17 atom stereocenters. The molecule has 0 bridgehead atoms. The molecule has 3 aliphatic heterocycles. The zero-order valence-corrected chi connectivity index (χ0v) is 55.7. The van der Waals surface area contributed by atoms with E-state index in [4.69, 9.17) is 28.4 Å². The van der Waals surface area contributed by atoms with Gasteiger partial charge in [0.25, 0.3) is 0 Å². The molecule has 0 aromatic heterocycles. The molecule has 1 amide bonds. The highest BCUT2D eigenvalue weighted by atomic mass is 16.8. The normalized spacial score (nSPS) is 28.2. The largest absolute Gasteiger partial charge is 0.394 e. The molecule has 3 rings (SSSR count). The van der Waals surface area contributed by atoms with Gasteiger partial charge in [-0.3, -0.25) is 4.79 Å². The lowest BCUT2D eigenvalue weighted by Crippen LogP contribution is -2.66. The SMILES string of the molecule is CCCCCCCCCC/C=C\CCCCCCCCCCCCCCCCCC(=O)NC(COC1OC(CO)C(OC2OC(CO)C(OC3OC(CO)C(O)C(O)C3O)C(O)C2O)C(O)C1O)C(O)CCCCCCCCCCCCCCCCCCC. The van der Waals surface area contributed by atoms with E-state index in [0.717, 1.165) is 44.9 Å². The molecule has 0 aromatic rings. The van der Waals surface area contributed by atoms with Crippen molar-refractivity contribution in [2.45, 2.75) is 401 Å². The maximum Gasteiger partial charge on any atom is 0.220 e. The highest BCUT2D eigenvalue weighted by Gasteiger charge is 2.53. The molecular formula is C70H133NO18. The van der Waals surface area contributed by atoms with E-state index in [1.54, 1.807) is 0 Å². The summed E-state index contributed by atoms with van der Waals surface area (Å²) < 4.78 is 34.4. The van der Waals surface area contributed by atoms with Gasteiger partial charge in [0.2, 0.25) is 5.91 Å². The van der Waals surface area contributed by atoms with Gasteiger partial charge in [-0.1, -0.05) is 264 Å². The zero-order valence-electron chi connectivity index (χ0n) is 55.7. The molecule has 3 heterocycles. The van der Waals surface area contributed by atoms with Crippen molar-refractivity contribution in [2.75, 3.05) is 26.4 Å². The Kier molecular flexibility index (Phi) is 48.5. The van der Waals surface area contributed by atoms with Crippen molar-refractivity contribution in [2.24, 2.45) is 0 Å². The van der Waals surface area contributed by atoms with Crippen LogP contribution in [0, 0.1) is 0 Å². The van der Waals surface area contributed by atoms with Gasteiger partial charge in [0, 0.05) is 6.42 Å². The van der Waals surface area contributed by atoms with Crippen LogP contribution in [-0.2, 0) is 33.2 Å². The fraction of sp³-hybridized carbons (Fsp3) is 0.957. The van der Waals surface area contributed by atoms with E-state index in [1.807, 2.05) is 0 Å². The molecule has 0 saturated carbocycles. The summed E-state index contributed by atoms with van der Waals surface area (Å²) in [4.78, 5) is 13.4. The van der Waals surface area contributed by atoms with Crippen LogP contribution < -0.4 is 5.32 Å². The summed E-state index contributed by atoms with van der Waals surface area (Å²) in [6, 6.07) is -0.884. The number of hydrogen-bond acceptors (Lipinski definition) is 18. The Morgan fingerprint density at radius 1 is 0.393 bits per heavy atom. The van der Waals surface area contributed by atoms with Gasteiger partial charge in [-0.15, -0.1) is 0 Å². The molecule has 0 aliphatic carbocycles. The summed E-state index contributed by atoms with van der Waals surface area (Å²) in [5.74, 6) is -0.237. The molecule has 17 unspecified atom stereocenters. The first-order valence-electron chi connectivity index (χ1n) is 36.4. The Morgan fingerprint density at radius 2 is 0.708 bits per heavy atom. The Bertz CT molecular complexity index is 1670. The number of rotatable bonds is 57. The first kappa shape index (κ1) is 81.8. The summed E-state index contributed by atoms with van der Waals surface area (Å²) in [7, 11) is 0. The number of aliphatic hydroxyl groups is 11. The lowest BCUT2D eigenvalue weighted by atomic mass is 9.96. The fourth-order valence-corrected chi connectivity index (χ4v) is 12.7. The molecule has 526 valence electrons. The lowest BCUT2D eigenvalue weighted by Gasteiger charge is -2.48. The van der Waals surface area contributed by atoms with Crippen LogP contribution in [0.4, 0.5) is 0 Å². The van der Waals surface area contributed by atoms with E-state index in [-0.39, 0.29) is 18.9 Å². The van der Waals surface area contributed by atoms with E-state index in [0.29, 0.717) is 12.8 Å². The van der Waals surface area contributed by atoms with Gasteiger partial charge in [0.05, 0.1) is 38.6 Å². The van der Waals surface area contributed by atoms with Crippen LogP contribution in [0.25, 0.3) is 0 Å². The Labute approximate surface area is 537 Å². The van der Waals surface area contributed by atoms with Crippen LogP contribution in [0.2, 0.25) is 0 Å². The molecule has 0 radical (unpaired) electrons. The van der Waals surface area contributed by atoms with Crippen LogP contribution in [0.3, 0.4) is 0 Å². The molecule has 3 saturated heterocycles. The minimum atomic E-state index is -1.97. The van der Waals surface area contributed by atoms with Crippen molar-refractivity contribution < 1.29 is 89.4 Å². The third-order valence-electron chi connectivity index (χ3n) is 18.6. The van der Waals surface area contributed by atoms with E-state index in [1.165, 1.54) is 218 Å². The van der Waals surface area contributed by atoms with Crippen molar-refractivity contribution in [3.63, 3.8) is 0 Å². The molecule has 19 nitrogen and oxygen atoms in total. The zero-order chi connectivity index (χ0) is 64.7. The molecule has 0 spiro atoms. The van der Waals surface area contributed by atoms with Gasteiger partial charge in [-0.25, -0.2) is 0 Å². The minimum absolute atomic E-state index is 0.237. The van der Waals surface area contributed by atoms with Crippen molar-refractivity contribution in [1.29, 1.82) is 0 Å². The second-order valence-corrected chi connectivity index (χ2v) is 26.4. The van der Waals surface area contributed by atoms with Crippen LogP contribution in [0.5, 0.6) is 0 Å². The number of amides is 1. The summed E-state index contributed by atoms with van der Waals surface area (Å²) in [6.45, 7) is 1.84. The van der Waals surface area contributed by atoms with Gasteiger partial charge in [0.15, 0.2) is 18.9 Å². The Hall–Kier alpha value is -1.47. The quantitative estimate of drug-likeness (QED) is 0.0199. The maximum absolute atomic E-state index is 13.4. The lowest BCUT2D eigenvalue weighted by molar-refractivity contribution is -0.379. The average Bonchev–Trinajstić information content (AvgIpc) is 2.46. The van der Waals surface area contributed by atoms with Crippen LogP contribution in [0.15, 0.2) is 12.2 Å². The monoisotopic (exact) mass is 1280 g/mol. The molecule has 3 aliphatic rings. The highest BCUT2D eigenvalue weighted by Crippen LogP contribution is 2.33. The number of carbonyl (C=O) groups is 1. The van der Waals surface area contributed by atoms with E-state index < -0.39 is 124 Å². The number of allylic oxidation sites excluding steroid dienone is 2. The average molecular weight is 1280 g/mol. The predicted octanol–water partition coefficient (Wildman–Crippen LogP) is 10.1. The second-order valence-electron chi connectivity index (χ2n) is 26.4. The van der Waals surface area contributed by atoms with Crippen LogP contribution >= 0.6 is 0 Å². The number of aliphatic hydroxyl groups excluding tert-OH is 11. The van der Waals surface area contributed by atoms with Gasteiger partial charge in [0.1, 0.15) is 73.2 Å². The number of unbranched alkanes of at least 4 members (excludes halogenated alkanes) is 39.